The van der Waals surface area contributed by atoms with E-state index in [4.69, 9.17) is 0 Å². The van der Waals surface area contributed by atoms with Gasteiger partial charge in [-0.25, -0.2) is 0 Å². The maximum absolute atomic E-state index is 12.3. The number of fused-ring (bicyclic) bond motifs is 1. The maximum Gasteiger partial charge on any atom is 0.226 e. The molecule has 4 heteroatoms. The third kappa shape index (κ3) is 5.31. The Morgan fingerprint density at radius 1 is 1.04 bits per heavy atom. The molecule has 1 atom stereocenters. The van der Waals surface area contributed by atoms with Gasteiger partial charge in [-0.05, 0) is 42.7 Å². The number of nitrogens with zero attached hydrogens (tertiary/aromatic N) is 1. The van der Waals surface area contributed by atoms with Crippen molar-refractivity contribution in [3.8, 4) is 0 Å². The van der Waals surface area contributed by atoms with Crippen LogP contribution in [-0.2, 0) is 9.59 Å². The molecule has 2 aromatic rings. The number of benzene rings is 2. The average Bonchev–Trinajstić information content (AvgIpc) is 2.61. The summed E-state index contributed by atoms with van der Waals surface area (Å²) in [7, 11) is 0. The Morgan fingerprint density at radius 3 is 2.44 bits per heavy atom. The zero-order valence-electron chi connectivity index (χ0n) is 15.4. The fourth-order valence-electron chi connectivity index (χ4n) is 2.88. The van der Waals surface area contributed by atoms with E-state index >= 15 is 0 Å². The Morgan fingerprint density at radius 2 is 1.76 bits per heavy atom. The molecule has 2 rings (SSSR count). The minimum absolute atomic E-state index is 0.0621. The molecule has 0 aliphatic carbocycles. The van der Waals surface area contributed by atoms with Crippen molar-refractivity contribution in [2.45, 2.75) is 52.5 Å². The van der Waals surface area contributed by atoms with E-state index in [1.165, 1.54) is 0 Å². The largest absolute Gasteiger partial charge is 0.339 e. The third-order valence-electron chi connectivity index (χ3n) is 4.52. The lowest BCUT2D eigenvalue weighted by atomic mass is 10.1. The maximum atomic E-state index is 12.3. The smallest absolute Gasteiger partial charge is 0.226 e. The van der Waals surface area contributed by atoms with Crippen LogP contribution >= 0.6 is 0 Å². The highest BCUT2D eigenvalue weighted by Gasteiger charge is 2.19. The van der Waals surface area contributed by atoms with Gasteiger partial charge in [0.15, 0.2) is 0 Å². The van der Waals surface area contributed by atoms with Crippen molar-refractivity contribution >= 4 is 28.3 Å². The topological polar surface area (TPSA) is 49.4 Å². The Labute approximate surface area is 150 Å². The zero-order chi connectivity index (χ0) is 18.2. The van der Waals surface area contributed by atoms with Gasteiger partial charge in [-0.1, -0.05) is 44.2 Å². The van der Waals surface area contributed by atoms with Crippen LogP contribution in [0.1, 0.15) is 46.5 Å². The number of amides is 2. The van der Waals surface area contributed by atoms with Crippen LogP contribution in [-0.4, -0.2) is 29.3 Å². The van der Waals surface area contributed by atoms with Gasteiger partial charge in [0, 0.05) is 31.1 Å². The lowest BCUT2D eigenvalue weighted by Crippen LogP contribution is -2.40. The van der Waals surface area contributed by atoms with Gasteiger partial charge < -0.3 is 10.2 Å². The molecule has 0 saturated carbocycles. The third-order valence-corrected chi connectivity index (χ3v) is 4.52. The van der Waals surface area contributed by atoms with Crippen LogP contribution < -0.4 is 5.32 Å². The molecular formula is C21H28N2O2. The van der Waals surface area contributed by atoms with Crippen LogP contribution in [0.15, 0.2) is 42.5 Å². The molecule has 0 aromatic heterocycles. The SMILES string of the molecule is CCCC(=O)N(CCC(=O)Nc1ccc2ccccc2c1)C(C)CC. The van der Waals surface area contributed by atoms with E-state index < -0.39 is 0 Å². The first-order valence-corrected chi connectivity index (χ1v) is 9.13. The van der Waals surface area contributed by atoms with Gasteiger partial charge in [-0.3, -0.25) is 9.59 Å². The van der Waals surface area contributed by atoms with E-state index in [9.17, 15) is 9.59 Å². The van der Waals surface area contributed by atoms with Crippen LogP contribution in [0.4, 0.5) is 5.69 Å². The molecule has 1 unspecified atom stereocenters. The predicted molar refractivity (Wildman–Crippen MR) is 104 cm³/mol. The second-order valence-corrected chi connectivity index (χ2v) is 6.45. The first-order valence-electron chi connectivity index (χ1n) is 9.13. The number of nitrogens with one attached hydrogen (secondary N) is 1. The second-order valence-electron chi connectivity index (χ2n) is 6.45. The summed E-state index contributed by atoms with van der Waals surface area (Å²) in [6, 6.07) is 14.1. The molecule has 4 nitrogen and oxygen atoms in total. The van der Waals surface area contributed by atoms with E-state index in [2.05, 4.69) is 12.2 Å². The normalized spacial score (nSPS) is 12.0. The van der Waals surface area contributed by atoms with Gasteiger partial charge in [0.05, 0.1) is 0 Å². The number of anilines is 1. The predicted octanol–water partition coefficient (Wildman–Crippen LogP) is 4.60. The van der Waals surface area contributed by atoms with Gasteiger partial charge in [0.2, 0.25) is 11.8 Å². The van der Waals surface area contributed by atoms with Crippen LogP contribution in [0, 0.1) is 0 Å². The highest BCUT2D eigenvalue weighted by Crippen LogP contribution is 2.19. The van der Waals surface area contributed by atoms with Crippen molar-refractivity contribution in [2.24, 2.45) is 0 Å². The Balaban J connectivity index is 1.96. The summed E-state index contributed by atoms with van der Waals surface area (Å²) < 4.78 is 0. The molecule has 1 N–H and O–H groups in total. The van der Waals surface area contributed by atoms with Crippen molar-refractivity contribution in [1.82, 2.24) is 4.90 Å². The molecule has 0 saturated heterocycles. The molecule has 0 bridgehead atoms. The minimum Gasteiger partial charge on any atom is -0.339 e. The fraction of sp³-hybridized carbons (Fsp3) is 0.429. The van der Waals surface area contributed by atoms with Crippen LogP contribution in [0.5, 0.6) is 0 Å². The molecule has 0 aliphatic rings. The first kappa shape index (κ1) is 19.0. The highest BCUT2D eigenvalue weighted by atomic mass is 16.2. The summed E-state index contributed by atoms with van der Waals surface area (Å²) in [6.07, 6.45) is 2.57. The van der Waals surface area contributed by atoms with Gasteiger partial charge >= 0.3 is 0 Å². The molecule has 134 valence electrons. The molecular weight excluding hydrogens is 312 g/mol. The van der Waals surface area contributed by atoms with Gasteiger partial charge in [0.25, 0.3) is 0 Å². The Hall–Kier alpha value is -2.36. The van der Waals surface area contributed by atoms with Crippen molar-refractivity contribution in [2.75, 3.05) is 11.9 Å². The fourth-order valence-corrected chi connectivity index (χ4v) is 2.88. The van der Waals surface area contributed by atoms with Crippen molar-refractivity contribution in [3.63, 3.8) is 0 Å². The Bertz CT molecular complexity index is 727. The van der Waals surface area contributed by atoms with Gasteiger partial charge in [0.1, 0.15) is 0 Å². The van der Waals surface area contributed by atoms with Crippen molar-refractivity contribution in [3.05, 3.63) is 42.5 Å². The molecule has 0 heterocycles. The Kier molecular flexibility index (Phi) is 6.99. The summed E-state index contributed by atoms with van der Waals surface area (Å²) in [5, 5.41) is 5.18. The molecule has 2 amide bonds. The first-order chi connectivity index (χ1) is 12.0. The molecule has 0 aliphatic heterocycles. The van der Waals surface area contributed by atoms with Crippen molar-refractivity contribution in [1.29, 1.82) is 0 Å². The molecule has 0 radical (unpaired) electrons. The average molecular weight is 340 g/mol. The van der Waals surface area contributed by atoms with Crippen molar-refractivity contribution < 1.29 is 9.59 Å². The number of carbonyl (C=O) groups excluding carboxylic acids is 2. The summed E-state index contributed by atoms with van der Waals surface area (Å²) in [5.74, 6) is 0.0724. The number of hydrogen-bond acceptors (Lipinski definition) is 2. The molecule has 2 aromatic carbocycles. The monoisotopic (exact) mass is 340 g/mol. The number of rotatable bonds is 8. The van der Waals surface area contributed by atoms with E-state index in [1.54, 1.807) is 0 Å². The molecule has 25 heavy (non-hydrogen) atoms. The zero-order valence-corrected chi connectivity index (χ0v) is 15.4. The molecule has 0 spiro atoms. The van der Waals surface area contributed by atoms with E-state index in [0.717, 1.165) is 29.3 Å². The molecule has 0 fully saturated rings. The highest BCUT2D eigenvalue weighted by molar-refractivity contribution is 5.94. The summed E-state index contributed by atoms with van der Waals surface area (Å²) >= 11 is 0. The quantitative estimate of drug-likeness (QED) is 0.764. The lowest BCUT2D eigenvalue weighted by Gasteiger charge is -2.28. The van der Waals surface area contributed by atoms with Crippen LogP contribution in [0.2, 0.25) is 0 Å². The van der Waals surface area contributed by atoms with Crippen LogP contribution in [0.25, 0.3) is 10.8 Å². The summed E-state index contributed by atoms with van der Waals surface area (Å²) in [4.78, 5) is 26.4. The lowest BCUT2D eigenvalue weighted by molar-refractivity contribution is -0.133. The van der Waals surface area contributed by atoms with Gasteiger partial charge in [-0.2, -0.15) is 0 Å². The second kappa shape index (κ2) is 9.21. The van der Waals surface area contributed by atoms with E-state index in [-0.39, 0.29) is 17.9 Å². The van der Waals surface area contributed by atoms with Gasteiger partial charge in [-0.15, -0.1) is 0 Å². The van der Waals surface area contributed by atoms with Crippen LogP contribution in [0.3, 0.4) is 0 Å². The van der Waals surface area contributed by atoms with E-state index in [1.807, 2.05) is 61.2 Å². The summed E-state index contributed by atoms with van der Waals surface area (Å²) in [6.45, 7) is 6.56. The van der Waals surface area contributed by atoms with E-state index in [0.29, 0.717) is 19.4 Å². The number of carbonyl (C=O) groups is 2. The minimum atomic E-state index is -0.0621. The standard InChI is InChI=1S/C21H28N2O2/c1-4-8-21(25)23(16(3)5-2)14-13-20(24)22-19-12-11-17-9-6-7-10-18(17)15-19/h6-7,9-12,15-16H,4-5,8,13-14H2,1-3H3,(H,22,24). The number of hydrogen-bond donors (Lipinski definition) is 1. The summed E-state index contributed by atoms with van der Waals surface area (Å²) in [5.41, 5.74) is 0.790.